The Bertz CT molecular complexity index is 817. The number of benzene rings is 2. The number of aryl methyl sites for hydroxylation is 1. The van der Waals surface area contributed by atoms with Gasteiger partial charge in [0, 0.05) is 32.6 Å². The fraction of sp³-hybridized carbons (Fsp3) is 0.292. The van der Waals surface area contributed by atoms with Crippen LogP contribution in [0.3, 0.4) is 0 Å². The number of carbonyl (C=O) groups is 1. The molecule has 3 aromatic rings. The topological polar surface area (TPSA) is 23.6 Å². The summed E-state index contributed by atoms with van der Waals surface area (Å²) >= 11 is 1.69. The summed E-state index contributed by atoms with van der Waals surface area (Å²) in [5.41, 5.74) is 3.89. The molecule has 1 fully saturated rings. The van der Waals surface area contributed by atoms with Gasteiger partial charge < -0.3 is 4.90 Å². The number of hydrogen-bond acceptors (Lipinski definition) is 3. The minimum atomic E-state index is 0.241. The first-order valence-corrected chi connectivity index (χ1v) is 10.9. The summed E-state index contributed by atoms with van der Waals surface area (Å²) in [6.45, 7) is 3.41. The molecule has 2 heterocycles. The highest BCUT2D eigenvalue weighted by Gasteiger charge is 2.27. The molecular weight excluding hydrogens is 364 g/mol. The molecule has 0 saturated carbocycles. The molecule has 2 aromatic carbocycles. The Morgan fingerprint density at radius 2 is 1.46 bits per heavy atom. The minimum Gasteiger partial charge on any atom is -0.340 e. The van der Waals surface area contributed by atoms with Gasteiger partial charge in [-0.2, -0.15) is 11.3 Å². The van der Waals surface area contributed by atoms with Crippen LogP contribution in [-0.4, -0.2) is 41.9 Å². The van der Waals surface area contributed by atoms with Gasteiger partial charge in [-0.3, -0.25) is 9.69 Å². The second-order valence-electron chi connectivity index (χ2n) is 7.27. The lowest BCUT2D eigenvalue weighted by atomic mass is 9.96. The van der Waals surface area contributed by atoms with E-state index in [0.29, 0.717) is 6.42 Å². The summed E-state index contributed by atoms with van der Waals surface area (Å²) in [6, 6.07) is 23.7. The molecule has 0 atom stereocenters. The van der Waals surface area contributed by atoms with Crippen LogP contribution in [0.1, 0.15) is 29.2 Å². The van der Waals surface area contributed by atoms with Crippen molar-refractivity contribution in [3.63, 3.8) is 0 Å². The van der Waals surface area contributed by atoms with Crippen LogP contribution in [0.15, 0.2) is 77.5 Å². The third kappa shape index (κ3) is 4.51. The van der Waals surface area contributed by atoms with E-state index in [2.05, 4.69) is 82.4 Å². The van der Waals surface area contributed by atoms with Gasteiger partial charge in [0.05, 0.1) is 6.04 Å². The summed E-state index contributed by atoms with van der Waals surface area (Å²) in [7, 11) is 0. The first-order valence-electron chi connectivity index (χ1n) is 9.94. The molecule has 4 rings (SSSR count). The van der Waals surface area contributed by atoms with Gasteiger partial charge >= 0.3 is 0 Å². The number of hydrogen-bond donors (Lipinski definition) is 0. The van der Waals surface area contributed by atoms with Crippen LogP contribution in [0, 0.1) is 0 Å². The van der Waals surface area contributed by atoms with Crippen molar-refractivity contribution >= 4 is 17.2 Å². The lowest BCUT2D eigenvalue weighted by Gasteiger charge is -2.40. The molecule has 0 radical (unpaired) electrons. The van der Waals surface area contributed by atoms with Crippen LogP contribution >= 0.6 is 11.3 Å². The normalized spacial score (nSPS) is 15.1. The van der Waals surface area contributed by atoms with E-state index in [1.54, 1.807) is 11.3 Å². The molecule has 1 aromatic heterocycles. The predicted molar refractivity (Wildman–Crippen MR) is 116 cm³/mol. The monoisotopic (exact) mass is 390 g/mol. The number of thiophene rings is 1. The first kappa shape index (κ1) is 18.9. The molecule has 0 unspecified atom stereocenters. The predicted octanol–water partition coefficient (Wildman–Crippen LogP) is 4.61. The molecular formula is C24H26N2OS. The van der Waals surface area contributed by atoms with Gasteiger partial charge in [-0.25, -0.2) is 0 Å². The Hall–Kier alpha value is -2.43. The Kier molecular flexibility index (Phi) is 6.20. The van der Waals surface area contributed by atoms with E-state index in [4.69, 9.17) is 0 Å². The summed E-state index contributed by atoms with van der Waals surface area (Å²) in [5, 5.41) is 4.21. The van der Waals surface area contributed by atoms with Crippen LogP contribution in [0.2, 0.25) is 0 Å². The maximum Gasteiger partial charge on any atom is 0.222 e. The number of piperazine rings is 1. The number of carbonyl (C=O) groups excluding carboxylic acids is 1. The smallest absolute Gasteiger partial charge is 0.222 e. The van der Waals surface area contributed by atoms with E-state index in [-0.39, 0.29) is 11.9 Å². The quantitative estimate of drug-likeness (QED) is 0.613. The summed E-state index contributed by atoms with van der Waals surface area (Å²) < 4.78 is 0. The van der Waals surface area contributed by atoms with Crippen molar-refractivity contribution in [1.82, 2.24) is 9.80 Å². The number of nitrogens with zero attached hydrogens (tertiary/aromatic N) is 2. The van der Waals surface area contributed by atoms with Gasteiger partial charge in [-0.15, -0.1) is 0 Å². The maximum absolute atomic E-state index is 12.6. The number of rotatable bonds is 6. The zero-order valence-electron chi connectivity index (χ0n) is 16.0. The maximum atomic E-state index is 12.6. The lowest BCUT2D eigenvalue weighted by molar-refractivity contribution is -0.133. The summed E-state index contributed by atoms with van der Waals surface area (Å²) in [4.78, 5) is 17.2. The molecule has 1 aliphatic heterocycles. The Balaban J connectivity index is 1.41. The fourth-order valence-electron chi connectivity index (χ4n) is 3.96. The third-order valence-electron chi connectivity index (χ3n) is 5.47. The molecule has 1 saturated heterocycles. The van der Waals surface area contributed by atoms with Crippen molar-refractivity contribution in [3.8, 4) is 0 Å². The van der Waals surface area contributed by atoms with Crippen LogP contribution < -0.4 is 0 Å². The standard InChI is InChI=1S/C24H26N2OS/c27-23(12-11-20-13-18-28-19-20)25-14-16-26(17-15-25)24(21-7-3-1-4-8-21)22-9-5-2-6-10-22/h1-10,13,18-19,24H,11-12,14-17H2. The van der Waals surface area contributed by atoms with Crippen LogP contribution in [-0.2, 0) is 11.2 Å². The average Bonchev–Trinajstić information content (AvgIpc) is 3.28. The molecule has 1 aliphatic rings. The molecule has 0 N–H and O–H groups in total. The summed E-state index contributed by atoms with van der Waals surface area (Å²) in [6.07, 6.45) is 1.46. The molecule has 0 aliphatic carbocycles. The highest BCUT2D eigenvalue weighted by molar-refractivity contribution is 7.07. The Morgan fingerprint density at radius 1 is 0.857 bits per heavy atom. The zero-order chi connectivity index (χ0) is 19.2. The van der Waals surface area contributed by atoms with Gasteiger partial charge in [-0.05, 0) is 39.9 Å². The average molecular weight is 391 g/mol. The lowest BCUT2D eigenvalue weighted by Crippen LogP contribution is -2.49. The van der Waals surface area contributed by atoms with E-state index in [0.717, 1.165) is 32.6 Å². The van der Waals surface area contributed by atoms with E-state index < -0.39 is 0 Å². The molecule has 28 heavy (non-hydrogen) atoms. The highest BCUT2D eigenvalue weighted by Crippen LogP contribution is 2.29. The zero-order valence-corrected chi connectivity index (χ0v) is 16.9. The van der Waals surface area contributed by atoms with Crippen molar-refractivity contribution in [2.24, 2.45) is 0 Å². The third-order valence-corrected chi connectivity index (χ3v) is 6.20. The van der Waals surface area contributed by atoms with E-state index in [1.807, 2.05) is 4.90 Å². The van der Waals surface area contributed by atoms with E-state index >= 15 is 0 Å². The van der Waals surface area contributed by atoms with Crippen LogP contribution in [0.25, 0.3) is 0 Å². The Morgan fingerprint density at radius 3 is 2.00 bits per heavy atom. The van der Waals surface area contributed by atoms with Crippen molar-refractivity contribution in [2.45, 2.75) is 18.9 Å². The molecule has 3 nitrogen and oxygen atoms in total. The van der Waals surface area contributed by atoms with E-state index in [1.165, 1.54) is 16.7 Å². The van der Waals surface area contributed by atoms with Gasteiger partial charge in [0.25, 0.3) is 0 Å². The SMILES string of the molecule is O=C(CCc1ccsc1)N1CCN(C(c2ccccc2)c2ccccc2)CC1. The number of amides is 1. The van der Waals surface area contributed by atoms with Gasteiger partial charge in [0.1, 0.15) is 0 Å². The van der Waals surface area contributed by atoms with Crippen molar-refractivity contribution in [1.29, 1.82) is 0 Å². The second kappa shape index (κ2) is 9.18. The molecule has 0 bridgehead atoms. The second-order valence-corrected chi connectivity index (χ2v) is 8.05. The van der Waals surface area contributed by atoms with E-state index in [9.17, 15) is 4.79 Å². The van der Waals surface area contributed by atoms with Crippen molar-refractivity contribution in [2.75, 3.05) is 26.2 Å². The van der Waals surface area contributed by atoms with Gasteiger partial charge in [-0.1, -0.05) is 60.7 Å². The van der Waals surface area contributed by atoms with Crippen molar-refractivity contribution < 1.29 is 4.79 Å². The molecule has 4 heteroatoms. The van der Waals surface area contributed by atoms with Crippen molar-refractivity contribution in [3.05, 3.63) is 94.2 Å². The highest BCUT2D eigenvalue weighted by atomic mass is 32.1. The fourth-order valence-corrected chi connectivity index (χ4v) is 4.66. The van der Waals surface area contributed by atoms with Gasteiger partial charge in [0.15, 0.2) is 0 Å². The van der Waals surface area contributed by atoms with Crippen LogP contribution in [0.4, 0.5) is 0 Å². The largest absolute Gasteiger partial charge is 0.340 e. The van der Waals surface area contributed by atoms with Gasteiger partial charge in [0.2, 0.25) is 5.91 Å². The first-order chi connectivity index (χ1) is 13.8. The van der Waals surface area contributed by atoms with Crippen LogP contribution in [0.5, 0.6) is 0 Å². The minimum absolute atomic E-state index is 0.241. The Labute approximate surface area is 171 Å². The molecule has 0 spiro atoms. The summed E-state index contributed by atoms with van der Waals surface area (Å²) in [5.74, 6) is 0.279. The molecule has 1 amide bonds. The molecule has 144 valence electrons.